The Morgan fingerprint density at radius 1 is 0.812 bits per heavy atom. The normalized spacial score (nSPS) is 13.6. The zero-order valence-corrected chi connectivity index (χ0v) is 26.9. The van der Waals surface area contributed by atoms with Gasteiger partial charge < -0.3 is 25.0 Å². The van der Waals surface area contributed by atoms with Gasteiger partial charge in [0.05, 0.1) is 30.3 Å². The van der Waals surface area contributed by atoms with Crippen molar-refractivity contribution in [3.05, 3.63) is 131 Å². The molecule has 1 aliphatic rings. The van der Waals surface area contributed by atoms with Crippen molar-refractivity contribution >= 4 is 35.3 Å². The summed E-state index contributed by atoms with van der Waals surface area (Å²) in [6, 6.07) is 30.5. The maximum atomic E-state index is 13.5. The van der Waals surface area contributed by atoms with Gasteiger partial charge in [0.25, 0.3) is 5.91 Å². The molecule has 1 atom stereocenters. The number of carbonyl (C=O) groups excluding carboxylic acids is 3. The van der Waals surface area contributed by atoms with Gasteiger partial charge in [-0.05, 0) is 48.2 Å². The van der Waals surface area contributed by atoms with Crippen LogP contribution in [-0.4, -0.2) is 60.1 Å². The molecular weight excluding hydrogens is 608 g/mol. The molecule has 3 N–H and O–H groups in total. The van der Waals surface area contributed by atoms with E-state index < -0.39 is 24.0 Å². The smallest absolute Gasteiger partial charge is 0.412 e. The molecule has 4 aromatic carbocycles. The number of carbonyl (C=O) groups is 4. The Kier molecular flexibility index (Phi) is 11.4. The summed E-state index contributed by atoms with van der Waals surface area (Å²) in [5.41, 5.74) is 4.78. The van der Waals surface area contributed by atoms with Crippen molar-refractivity contribution in [3.8, 4) is 0 Å². The van der Waals surface area contributed by atoms with E-state index in [1.165, 1.54) is 0 Å². The second-order valence-corrected chi connectivity index (χ2v) is 11.8. The number of aliphatic carboxylic acids is 1. The van der Waals surface area contributed by atoms with Gasteiger partial charge in [-0.15, -0.1) is 0 Å². The molecule has 0 bridgehead atoms. The van der Waals surface area contributed by atoms with Crippen LogP contribution >= 0.6 is 0 Å². The molecule has 3 amide bonds. The predicted molar refractivity (Wildman–Crippen MR) is 184 cm³/mol. The molecule has 0 aromatic heterocycles. The Morgan fingerprint density at radius 2 is 1.50 bits per heavy atom. The number of rotatable bonds is 11. The largest absolute Gasteiger partial charge is 0.481 e. The Balaban J connectivity index is 1.35. The summed E-state index contributed by atoms with van der Waals surface area (Å²) in [5.74, 6) is -1.47. The molecule has 0 aliphatic carbocycles. The number of benzene rings is 4. The minimum atomic E-state index is -1.04. The van der Waals surface area contributed by atoms with Gasteiger partial charge in [0.15, 0.2) is 0 Å². The molecule has 1 aliphatic heterocycles. The molecule has 1 saturated heterocycles. The minimum Gasteiger partial charge on any atom is -0.481 e. The molecule has 1 heterocycles. The lowest BCUT2D eigenvalue weighted by atomic mass is 10.0. The van der Waals surface area contributed by atoms with Crippen LogP contribution in [0, 0.1) is 6.92 Å². The average Bonchev–Trinajstić information content (AvgIpc) is 3.35. The van der Waals surface area contributed by atoms with Crippen LogP contribution in [0.15, 0.2) is 103 Å². The Morgan fingerprint density at radius 3 is 2.19 bits per heavy atom. The lowest BCUT2D eigenvalue weighted by Crippen LogP contribution is -2.36. The van der Waals surface area contributed by atoms with E-state index >= 15 is 0 Å². The van der Waals surface area contributed by atoms with Gasteiger partial charge in [0, 0.05) is 31.7 Å². The van der Waals surface area contributed by atoms with Crippen molar-refractivity contribution in [2.75, 3.05) is 36.4 Å². The Labute approximate surface area is 280 Å². The first-order valence-electron chi connectivity index (χ1n) is 16.0. The van der Waals surface area contributed by atoms with Gasteiger partial charge in [0.1, 0.15) is 6.61 Å². The molecule has 4 aromatic rings. The second kappa shape index (κ2) is 16.3. The standard InChI is InChI=1S/C38H40N4O6/c1-27-13-15-30(16-14-27)32(25-36(44)45)39-37(46)31-17-18-34(33(24-31)40-38(47)48-26-29-11-6-3-7-12-29)41-19-8-20-42(22-21-41)35(43)23-28-9-4-2-5-10-28/h2-7,9-18,24,32H,8,19-23,25-26H2,1H3,(H,39,46)(H,40,47)(H,44,45). The van der Waals surface area contributed by atoms with Crippen molar-refractivity contribution in [2.24, 2.45) is 0 Å². The van der Waals surface area contributed by atoms with Crippen LogP contribution in [0.1, 0.15) is 51.5 Å². The number of hydrogen-bond acceptors (Lipinski definition) is 6. The number of nitrogens with zero attached hydrogens (tertiary/aromatic N) is 2. The van der Waals surface area contributed by atoms with E-state index in [0.717, 1.165) is 16.7 Å². The molecule has 1 fully saturated rings. The van der Waals surface area contributed by atoms with E-state index in [-0.39, 0.29) is 24.5 Å². The first-order chi connectivity index (χ1) is 23.2. The summed E-state index contributed by atoms with van der Waals surface area (Å²) in [4.78, 5) is 55.3. The molecule has 10 nitrogen and oxygen atoms in total. The predicted octanol–water partition coefficient (Wildman–Crippen LogP) is 5.97. The van der Waals surface area contributed by atoms with E-state index in [1.54, 1.807) is 30.3 Å². The number of ether oxygens (including phenoxy) is 1. The topological polar surface area (TPSA) is 128 Å². The first kappa shape index (κ1) is 33.7. The van der Waals surface area contributed by atoms with Crippen molar-refractivity contribution < 1.29 is 29.0 Å². The Hall–Kier alpha value is -5.64. The van der Waals surface area contributed by atoms with E-state index in [1.807, 2.05) is 84.6 Å². The number of aryl methyl sites for hydroxylation is 1. The fraction of sp³-hybridized carbons (Fsp3) is 0.263. The van der Waals surface area contributed by atoms with Gasteiger partial charge in [-0.2, -0.15) is 0 Å². The van der Waals surface area contributed by atoms with Crippen LogP contribution < -0.4 is 15.5 Å². The van der Waals surface area contributed by atoms with Crippen molar-refractivity contribution in [1.29, 1.82) is 0 Å². The summed E-state index contributed by atoms with van der Waals surface area (Å²) >= 11 is 0. The lowest BCUT2D eigenvalue weighted by molar-refractivity contribution is -0.137. The fourth-order valence-electron chi connectivity index (χ4n) is 5.68. The van der Waals surface area contributed by atoms with E-state index in [0.29, 0.717) is 56.0 Å². The molecule has 0 radical (unpaired) electrons. The number of hydrogen-bond donors (Lipinski definition) is 3. The van der Waals surface area contributed by atoms with Gasteiger partial charge in [-0.1, -0.05) is 90.5 Å². The number of anilines is 2. The maximum Gasteiger partial charge on any atom is 0.412 e. The molecule has 0 saturated carbocycles. The second-order valence-electron chi connectivity index (χ2n) is 11.8. The summed E-state index contributed by atoms with van der Waals surface area (Å²) in [6.07, 6.45) is 0.0666. The molecule has 10 heteroatoms. The van der Waals surface area contributed by atoms with E-state index in [2.05, 4.69) is 15.5 Å². The van der Waals surface area contributed by atoms with Crippen LogP contribution in [0.25, 0.3) is 0 Å². The summed E-state index contributed by atoms with van der Waals surface area (Å²) in [7, 11) is 0. The van der Waals surface area contributed by atoms with Crippen molar-refractivity contribution in [1.82, 2.24) is 10.2 Å². The highest BCUT2D eigenvalue weighted by Gasteiger charge is 2.24. The average molecular weight is 649 g/mol. The van der Waals surface area contributed by atoms with Gasteiger partial charge in [0.2, 0.25) is 5.91 Å². The number of nitrogens with one attached hydrogen (secondary N) is 2. The molecule has 0 spiro atoms. The molecule has 1 unspecified atom stereocenters. The van der Waals surface area contributed by atoms with E-state index in [4.69, 9.17) is 4.74 Å². The molecule has 48 heavy (non-hydrogen) atoms. The molecule has 5 rings (SSSR count). The van der Waals surface area contributed by atoms with Crippen molar-refractivity contribution in [2.45, 2.75) is 38.8 Å². The van der Waals surface area contributed by atoms with Gasteiger partial charge in [-0.25, -0.2) is 4.79 Å². The monoisotopic (exact) mass is 648 g/mol. The highest BCUT2D eigenvalue weighted by molar-refractivity contribution is 5.99. The summed E-state index contributed by atoms with van der Waals surface area (Å²) in [5, 5.41) is 15.2. The third-order valence-electron chi connectivity index (χ3n) is 8.26. The van der Waals surface area contributed by atoms with Gasteiger partial charge in [-0.3, -0.25) is 19.7 Å². The number of carboxylic acid groups (broad SMARTS) is 1. The third kappa shape index (κ3) is 9.45. The first-order valence-corrected chi connectivity index (χ1v) is 16.0. The molecular formula is C38H40N4O6. The Bertz CT molecular complexity index is 1710. The third-order valence-corrected chi connectivity index (χ3v) is 8.26. The van der Waals surface area contributed by atoms with Crippen molar-refractivity contribution in [3.63, 3.8) is 0 Å². The van der Waals surface area contributed by atoms with Crippen LogP contribution in [0.2, 0.25) is 0 Å². The summed E-state index contributed by atoms with van der Waals surface area (Å²) < 4.78 is 5.49. The van der Waals surface area contributed by atoms with Crippen LogP contribution in [0.5, 0.6) is 0 Å². The SMILES string of the molecule is Cc1ccc(C(CC(=O)O)NC(=O)c2ccc(N3CCCN(C(=O)Cc4ccccc4)CC3)c(NC(=O)OCc3ccccc3)c2)cc1. The number of amides is 3. The fourth-order valence-corrected chi connectivity index (χ4v) is 5.68. The maximum absolute atomic E-state index is 13.5. The highest BCUT2D eigenvalue weighted by Crippen LogP contribution is 2.30. The van der Waals surface area contributed by atoms with Crippen LogP contribution in [-0.2, 0) is 27.4 Å². The summed E-state index contributed by atoms with van der Waals surface area (Å²) in [6.45, 7) is 4.25. The minimum absolute atomic E-state index is 0.0578. The molecule has 248 valence electrons. The lowest BCUT2D eigenvalue weighted by Gasteiger charge is -2.26. The highest BCUT2D eigenvalue weighted by atomic mass is 16.5. The number of carboxylic acids is 1. The van der Waals surface area contributed by atoms with Crippen LogP contribution in [0.4, 0.5) is 16.2 Å². The zero-order chi connectivity index (χ0) is 33.9. The quantitative estimate of drug-likeness (QED) is 0.183. The van der Waals surface area contributed by atoms with Gasteiger partial charge >= 0.3 is 12.1 Å². The van der Waals surface area contributed by atoms with E-state index in [9.17, 15) is 24.3 Å². The zero-order valence-electron chi connectivity index (χ0n) is 26.9. The van der Waals surface area contributed by atoms with Crippen LogP contribution in [0.3, 0.4) is 0 Å².